The van der Waals surface area contributed by atoms with Gasteiger partial charge in [0.2, 0.25) is 11.8 Å². The number of hydrogen-bond acceptors (Lipinski definition) is 2. The summed E-state index contributed by atoms with van der Waals surface area (Å²) in [6.45, 7) is 16.3. The molecule has 2 unspecified atom stereocenters. The van der Waals surface area contributed by atoms with Gasteiger partial charge in [0.1, 0.15) is 0 Å². The van der Waals surface area contributed by atoms with E-state index in [1.165, 1.54) is 23.3 Å². The maximum absolute atomic E-state index is 11.7. The Morgan fingerprint density at radius 2 is 1.61 bits per heavy atom. The highest BCUT2D eigenvalue weighted by Crippen LogP contribution is 2.53. The van der Waals surface area contributed by atoms with Crippen LogP contribution in [0.1, 0.15) is 66.2 Å². The van der Waals surface area contributed by atoms with Crippen LogP contribution in [-0.2, 0) is 9.59 Å². The summed E-state index contributed by atoms with van der Waals surface area (Å²) < 4.78 is 0. The van der Waals surface area contributed by atoms with Gasteiger partial charge in [0.05, 0.1) is 0 Å². The number of allylic oxidation sites excluding steroid dienone is 2. The molecule has 0 heterocycles. The third kappa shape index (κ3) is 4.84. The van der Waals surface area contributed by atoms with Gasteiger partial charge in [-0.1, -0.05) is 64.2 Å². The Kier molecular flexibility index (Phi) is 7.08. The van der Waals surface area contributed by atoms with Gasteiger partial charge in [-0.25, -0.2) is 0 Å². The van der Waals surface area contributed by atoms with Crippen LogP contribution in [0, 0.1) is 10.8 Å². The lowest BCUT2D eigenvalue weighted by molar-refractivity contribution is -0.118. The van der Waals surface area contributed by atoms with Crippen molar-refractivity contribution in [3.8, 4) is 0 Å². The topological polar surface area (TPSA) is 58.2 Å². The summed E-state index contributed by atoms with van der Waals surface area (Å²) in [4.78, 5) is 23.5. The van der Waals surface area contributed by atoms with E-state index in [-0.39, 0.29) is 34.7 Å². The zero-order valence-corrected chi connectivity index (χ0v) is 17.9. The predicted molar refractivity (Wildman–Crippen MR) is 116 cm³/mol. The number of amides is 2. The Labute approximate surface area is 170 Å². The molecule has 0 saturated heterocycles. The quantitative estimate of drug-likeness (QED) is 0.498. The van der Waals surface area contributed by atoms with Gasteiger partial charge in [0, 0.05) is 12.1 Å². The summed E-state index contributed by atoms with van der Waals surface area (Å²) in [7, 11) is 0. The molecule has 0 spiro atoms. The van der Waals surface area contributed by atoms with Crippen LogP contribution >= 0.6 is 0 Å². The Bertz CT molecular complexity index is 697. The number of nitrogens with one attached hydrogen (secondary N) is 2. The van der Waals surface area contributed by atoms with Gasteiger partial charge >= 0.3 is 0 Å². The largest absolute Gasteiger partial charge is 0.350 e. The number of carbonyl (C=O) groups excluding carboxylic acids is 2. The molecule has 4 heteroatoms. The molecular weight excluding hydrogens is 348 g/mol. The van der Waals surface area contributed by atoms with E-state index in [9.17, 15) is 9.59 Å². The first-order chi connectivity index (χ1) is 13.1. The molecule has 2 aliphatic carbocycles. The monoisotopic (exact) mass is 384 g/mol. The average molecular weight is 385 g/mol. The van der Waals surface area contributed by atoms with Crippen molar-refractivity contribution >= 4 is 11.8 Å². The van der Waals surface area contributed by atoms with Crippen molar-refractivity contribution < 1.29 is 9.59 Å². The molecule has 0 saturated carbocycles. The smallest absolute Gasteiger partial charge is 0.243 e. The molecule has 0 aromatic carbocycles. The van der Waals surface area contributed by atoms with E-state index >= 15 is 0 Å². The Morgan fingerprint density at radius 1 is 1.00 bits per heavy atom. The van der Waals surface area contributed by atoms with Gasteiger partial charge < -0.3 is 10.6 Å². The van der Waals surface area contributed by atoms with Crippen molar-refractivity contribution in [2.75, 3.05) is 0 Å². The number of carbonyl (C=O) groups is 2. The summed E-state index contributed by atoms with van der Waals surface area (Å²) in [5.41, 5.74) is 2.69. The van der Waals surface area contributed by atoms with Gasteiger partial charge in [-0.05, 0) is 61.5 Å². The first-order valence-electron chi connectivity index (χ1n) is 10.4. The average Bonchev–Trinajstić information content (AvgIpc) is 2.68. The molecule has 0 fully saturated rings. The minimum absolute atomic E-state index is 0.0548. The van der Waals surface area contributed by atoms with Crippen LogP contribution in [0.3, 0.4) is 0 Å². The summed E-state index contributed by atoms with van der Waals surface area (Å²) in [5, 5.41) is 6.10. The van der Waals surface area contributed by atoms with Crippen molar-refractivity contribution in [2.45, 2.75) is 78.3 Å². The molecule has 0 radical (unpaired) electrons. The van der Waals surface area contributed by atoms with Crippen LogP contribution < -0.4 is 10.6 Å². The highest BCUT2D eigenvalue weighted by atomic mass is 16.2. The van der Waals surface area contributed by atoms with Crippen molar-refractivity contribution in [1.82, 2.24) is 10.6 Å². The van der Waals surface area contributed by atoms with Crippen LogP contribution in [0.2, 0.25) is 0 Å². The van der Waals surface area contributed by atoms with Crippen LogP contribution in [0.4, 0.5) is 0 Å². The molecule has 0 aliphatic heterocycles. The summed E-state index contributed by atoms with van der Waals surface area (Å²) >= 11 is 0. The Morgan fingerprint density at radius 3 is 2.25 bits per heavy atom. The molecule has 0 aromatic heterocycles. The SMILES string of the molecule is C=CC(=O)NC1C=C(C(C)(C)C(C)(C)C2=CCCC(NC(=O)C=C)C2)CCC1. The predicted octanol–water partition coefficient (Wildman–Crippen LogP) is 4.60. The minimum Gasteiger partial charge on any atom is -0.350 e. The maximum atomic E-state index is 11.7. The molecular formula is C24H36N2O2. The van der Waals surface area contributed by atoms with Crippen LogP contribution in [0.15, 0.2) is 48.6 Å². The first-order valence-corrected chi connectivity index (χ1v) is 10.4. The van der Waals surface area contributed by atoms with Crippen molar-refractivity contribution in [1.29, 1.82) is 0 Å². The van der Waals surface area contributed by atoms with E-state index in [0.29, 0.717) is 0 Å². The van der Waals surface area contributed by atoms with Gasteiger partial charge in [0.15, 0.2) is 0 Å². The molecule has 28 heavy (non-hydrogen) atoms. The Hall–Kier alpha value is -2.10. The lowest BCUT2D eigenvalue weighted by Crippen LogP contribution is -2.43. The summed E-state index contributed by atoms with van der Waals surface area (Å²) in [6.07, 6.45) is 13.2. The van der Waals surface area contributed by atoms with Crippen LogP contribution in [0.25, 0.3) is 0 Å². The standard InChI is InChI=1S/C24H36N2O2/c1-7-21(27)25-19-13-9-11-17(15-19)23(3,4)24(5,6)18-12-10-14-20(16-18)26-22(28)8-2/h7-8,11,16,19-20H,1-2,9-10,12-15H2,3-6H3,(H,25,27)(H,26,28). The highest BCUT2D eigenvalue weighted by molar-refractivity contribution is 5.87. The van der Waals surface area contributed by atoms with Crippen LogP contribution in [-0.4, -0.2) is 23.9 Å². The molecule has 2 amide bonds. The fourth-order valence-electron chi connectivity index (χ4n) is 4.40. The Balaban J connectivity index is 2.21. The maximum Gasteiger partial charge on any atom is 0.243 e. The zero-order chi connectivity index (χ0) is 20.9. The molecule has 154 valence electrons. The second kappa shape index (κ2) is 8.93. The van der Waals surface area contributed by atoms with Crippen LogP contribution in [0.5, 0.6) is 0 Å². The molecule has 2 N–H and O–H groups in total. The van der Waals surface area contributed by atoms with Gasteiger partial charge in [-0.15, -0.1) is 0 Å². The molecule has 0 bridgehead atoms. The molecule has 2 aliphatic rings. The normalized spacial score (nSPS) is 23.1. The van der Waals surface area contributed by atoms with Gasteiger partial charge in [-0.3, -0.25) is 9.59 Å². The second-order valence-electron chi connectivity index (χ2n) is 9.07. The van der Waals surface area contributed by atoms with Gasteiger partial charge in [-0.2, -0.15) is 0 Å². The molecule has 4 nitrogen and oxygen atoms in total. The zero-order valence-electron chi connectivity index (χ0n) is 17.9. The molecule has 2 atom stereocenters. The minimum atomic E-state index is -0.115. The molecule has 0 aromatic rings. The third-order valence-corrected chi connectivity index (χ3v) is 6.95. The lowest BCUT2D eigenvalue weighted by atomic mass is 9.57. The van der Waals surface area contributed by atoms with E-state index in [4.69, 9.17) is 0 Å². The fraction of sp³-hybridized carbons (Fsp3) is 0.583. The first kappa shape index (κ1) is 22.2. The van der Waals surface area contributed by atoms with E-state index in [1.54, 1.807) is 0 Å². The highest BCUT2D eigenvalue weighted by Gasteiger charge is 2.43. The number of hydrogen-bond donors (Lipinski definition) is 2. The summed E-state index contributed by atoms with van der Waals surface area (Å²) in [5.74, 6) is -0.213. The molecule has 2 rings (SSSR count). The van der Waals surface area contributed by atoms with Gasteiger partial charge in [0.25, 0.3) is 0 Å². The lowest BCUT2D eigenvalue weighted by Gasteiger charge is -2.48. The second-order valence-corrected chi connectivity index (χ2v) is 9.07. The number of rotatable bonds is 7. The van der Waals surface area contributed by atoms with Crippen molar-refractivity contribution in [3.05, 3.63) is 48.6 Å². The fourth-order valence-corrected chi connectivity index (χ4v) is 4.40. The third-order valence-electron chi connectivity index (χ3n) is 6.95. The van der Waals surface area contributed by atoms with E-state index in [1.807, 2.05) is 0 Å². The summed E-state index contributed by atoms with van der Waals surface area (Å²) in [6, 6.07) is 0.241. The van der Waals surface area contributed by atoms with E-state index < -0.39 is 0 Å². The van der Waals surface area contributed by atoms with E-state index in [0.717, 1.165) is 38.5 Å². The van der Waals surface area contributed by atoms with Crippen molar-refractivity contribution in [2.24, 2.45) is 10.8 Å². The van der Waals surface area contributed by atoms with Crippen molar-refractivity contribution in [3.63, 3.8) is 0 Å². The van der Waals surface area contributed by atoms with E-state index in [2.05, 4.69) is 63.6 Å².